The summed E-state index contributed by atoms with van der Waals surface area (Å²) in [5.41, 5.74) is 1.65. The Balaban J connectivity index is 1.44. The van der Waals surface area contributed by atoms with Crippen LogP contribution in [0.3, 0.4) is 0 Å². The Bertz CT molecular complexity index is 1110. The van der Waals surface area contributed by atoms with Crippen molar-refractivity contribution in [2.24, 2.45) is 23.2 Å². The van der Waals surface area contributed by atoms with Crippen LogP contribution < -0.4 is 14.4 Å². The van der Waals surface area contributed by atoms with Crippen LogP contribution in [-0.4, -0.2) is 25.1 Å². The van der Waals surface area contributed by atoms with Crippen molar-refractivity contribution >= 4 is 32.6 Å². The van der Waals surface area contributed by atoms with E-state index >= 15 is 0 Å². The minimum atomic E-state index is -0.227. The molecule has 4 aliphatic rings. The van der Waals surface area contributed by atoms with Gasteiger partial charge in [-0.2, -0.15) is 0 Å². The van der Waals surface area contributed by atoms with Gasteiger partial charge in [-0.25, -0.2) is 4.98 Å². The second kappa shape index (κ2) is 8.01. The number of carbonyl (C=O) groups excluding carboxylic acids is 1. The minimum Gasteiger partial charge on any atom is -0.495 e. The van der Waals surface area contributed by atoms with Gasteiger partial charge in [-0.1, -0.05) is 41.7 Å². The van der Waals surface area contributed by atoms with Crippen LogP contribution in [0, 0.1) is 23.2 Å². The van der Waals surface area contributed by atoms with E-state index in [1.807, 2.05) is 35.2 Å². The van der Waals surface area contributed by atoms with Crippen LogP contribution in [0.4, 0.5) is 5.13 Å². The van der Waals surface area contributed by atoms with E-state index in [0.29, 0.717) is 30.0 Å². The number of amides is 1. The molecule has 3 aromatic rings. The number of benzene rings is 2. The molecule has 0 spiro atoms. The highest BCUT2D eigenvalue weighted by Gasteiger charge is 2.56. The molecule has 4 saturated carbocycles. The first-order valence-electron chi connectivity index (χ1n) is 12.0. The molecule has 1 amide bonds. The monoisotopic (exact) mass is 462 g/mol. The van der Waals surface area contributed by atoms with Gasteiger partial charge in [-0.15, -0.1) is 0 Å². The molecule has 4 bridgehead atoms. The van der Waals surface area contributed by atoms with E-state index in [1.165, 1.54) is 30.6 Å². The van der Waals surface area contributed by atoms with Crippen LogP contribution in [0.5, 0.6) is 11.5 Å². The molecule has 1 aromatic heterocycles. The van der Waals surface area contributed by atoms with E-state index in [2.05, 4.69) is 12.1 Å². The molecule has 0 radical (unpaired) electrons. The summed E-state index contributed by atoms with van der Waals surface area (Å²) in [5.74, 6) is 3.88. The lowest BCUT2D eigenvalue weighted by molar-refractivity contribution is -0.143. The quantitative estimate of drug-likeness (QED) is 0.447. The fourth-order valence-electron chi connectivity index (χ4n) is 7.04. The van der Waals surface area contributed by atoms with Gasteiger partial charge >= 0.3 is 0 Å². The van der Waals surface area contributed by atoms with E-state index in [9.17, 15) is 4.79 Å². The average Bonchev–Trinajstić information content (AvgIpc) is 3.26. The second-order valence-electron chi connectivity index (χ2n) is 10.2. The fourth-order valence-corrected chi connectivity index (χ4v) is 8.11. The summed E-state index contributed by atoms with van der Waals surface area (Å²) in [6.45, 7) is 0.534. The predicted octanol–water partition coefficient (Wildman–Crippen LogP) is 6.06. The number of fused-ring (bicyclic) bond motifs is 1. The lowest BCUT2D eigenvalue weighted by Gasteiger charge is -2.56. The average molecular weight is 463 g/mol. The Morgan fingerprint density at radius 3 is 2.18 bits per heavy atom. The van der Waals surface area contributed by atoms with Crippen LogP contribution >= 0.6 is 11.3 Å². The SMILES string of the molecule is COc1ccc(OC)c2sc(N(Cc3ccccc3)C(=O)C34CC5CC(CC(C5)C3)C4)nc12. The lowest BCUT2D eigenvalue weighted by atomic mass is 9.49. The molecule has 6 heteroatoms. The standard InChI is InChI=1S/C27H30N2O3S/c1-31-21-8-9-22(32-2)24-23(21)28-26(33-24)29(16-17-6-4-3-5-7-17)25(30)27-13-18-10-19(14-27)12-20(11-18)15-27/h3-9,18-20H,10-16H2,1-2H3. The van der Waals surface area contributed by atoms with E-state index in [-0.39, 0.29) is 11.3 Å². The maximum absolute atomic E-state index is 14.4. The second-order valence-corrected chi connectivity index (χ2v) is 11.2. The number of thiazole rings is 1. The molecule has 0 unspecified atom stereocenters. The smallest absolute Gasteiger partial charge is 0.235 e. The van der Waals surface area contributed by atoms with Crippen LogP contribution in [0.25, 0.3) is 10.2 Å². The number of ether oxygens (including phenoxy) is 2. The van der Waals surface area contributed by atoms with E-state index in [0.717, 1.165) is 45.9 Å². The topological polar surface area (TPSA) is 51.7 Å². The summed E-state index contributed by atoms with van der Waals surface area (Å²) in [6.07, 6.45) is 7.09. The zero-order valence-electron chi connectivity index (χ0n) is 19.3. The fraction of sp³-hybridized carbons (Fsp3) is 0.481. The summed E-state index contributed by atoms with van der Waals surface area (Å²) in [6, 6.07) is 14.1. The van der Waals surface area contributed by atoms with Crippen molar-refractivity contribution in [2.45, 2.75) is 45.1 Å². The lowest BCUT2D eigenvalue weighted by Crippen LogP contribution is -2.54. The summed E-state index contributed by atoms with van der Waals surface area (Å²) >= 11 is 1.53. The van der Waals surface area contributed by atoms with Gasteiger partial charge in [-0.05, 0) is 74.0 Å². The highest BCUT2D eigenvalue weighted by Crippen LogP contribution is 2.61. The van der Waals surface area contributed by atoms with Gasteiger partial charge in [0.2, 0.25) is 5.91 Å². The third-order valence-corrected chi connectivity index (χ3v) is 9.14. The first-order chi connectivity index (χ1) is 16.1. The molecule has 0 N–H and O–H groups in total. The largest absolute Gasteiger partial charge is 0.495 e. The van der Waals surface area contributed by atoms with Gasteiger partial charge in [0.25, 0.3) is 0 Å². The zero-order chi connectivity index (χ0) is 22.6. The highest BCUT2D eigenvalue weighted by atomic mass is 32.1. The Labute approximate surface area is 198 Å². The molecule has 0 atom stereocenters. The maximum atomic E-state index is 14.4. The summed E-state index contributed by atoms with van der Waals surface area (Å²) in [5, 5.41) is 0.734. The number of hydrogen-bond donors (Lipinski definition) is 0. The van der Waals surface area contributed by atoms with Crippen molar-refractivity contribution < 1.29 is 14.3 Å². The highest BCUT2D eigenvalue weighted by molar-refractivity contribution is 7.22. The van der Waals surface area contributed by atoms with Gasteiger partial charge in [0.15, 0.2) is 5.13 Å². The molecule has 0 aliphatic heterocycles. The predicted molar refractivity (Wildman–Crippen MR) is 131 cm³/mol. The van der Waals surface area contributed by atoms with Crippen LogP contribution in [-0.2, 0) is 11.3 Å². The maximum Gasteiger partial charge on any atom is 0.235 e. The molecular formula is C27H30N2O3S. The van der Waals surface area contributed by atoms with E-state index < -0.39 is 0 Å². The van der Waals surface area contributed by atoms with Crippen LogP contribution in [0.15, 0.2) is 42.5 Å². The molecule has 0 saturated heterocycles. The number of methoxy groups -OCH3 is 2. The molecule has 172 valence electrons. The van der Waals surface area contributed by atoms with Gasteiger partial charge in [0.05, 0.1) is 26.2 Å². The summed E-state index contributed by atoms with van der Waals surface area (Å²) in [4.78, 5) is 21.3. The normalized spacial score (nSPS) is 27.6. The van der Waals surface area contributed by atoms with Crippen molar-refractivity contribution in [3.05, 3.63) is 48.0 Å². The number of hydrogen-bond acceptors (Lipinski definition) is 5. The molecule has 4 fully saturated rings. The Hall–Kier alpha value is -2.60. The summed E-state index contributed by atoms with van der Waals surface area (Å²) in [7, 11) is 3.32. The number of carbonyl (C=O) groups is 1. The third kappa shape index (κ3) is 3.50. The number of anilines is 1. The molecule has 5 nitrogen and oxygen atoms in total. The van der Waals surface area contributed by atoms with Gasteiger partial charge in [0.1, 0.15) is 21.7 Å². The van der Waals surface area contributed by atoms with Gasteiger partial charge < -0.3 is 9.47 Å². The number of nitrogens with zero attached hydrogens (tertiary/aromatic N) is 2. The Kier molecular flexibility index (Phi) is 5.09. The molecule has 33 heavy (non-hydrogen) atoms. The van der Waals surface area contributed by atoms with Gasteiger partial charge in [-0.3, -0.25) is 9.69 Å². The van der Waals surface area contributed by atoms with Crippen LogP contribution in [0.1, 0.15) is 44.1 Å². The molecule has 1 heterocycles. The molecular weight excluding hydrogens is 432 g/mol. The summed E-state index contributed by atoms with van der Waals surface area (Å²) < 4.78 is 12.1. The first kappa shape index (κ1) is 21.0. The number of aromatic nitrogens is 1. The van der Waals surface area contributed by atoms with Crippen molar-refractivity contribution in [3.8, 4) is 11.5 Å². The van der Waals surface area contributed by atoms with Crippen LogP contribution in [0.2, 0.25) is 0 Å². The Morgan fingerprint density at radius 1 is 0.970 bits per heavy atom. The zero-order valence-corrected chi connectivity index (χ0v) is 20.1. The van der Waals surface area contributed by atoms with Crippen molar-refractivity contribution in [1.29, 1.82) is 0 Å². The number of rotatable bonds is 6. The van der Waals surface area contributed by atoms with E-state index in [4.69, 9.17) is 14.5 Å². The molecule has 4 aliphatic carbocycles. The Morgan fingerprint density at radius 2 is 1.58 bits per heavy atom. The van der Waals surface area contributed by atoms with Crippen molar-refractivity contribution in [3.63, 3.8) is 0 Å². The molecule has 2 aromatic carbocycles. The minimum absolute atomic E-state index is 0.227. The van der Waals surface area contributed by atoms with E-state index in [1.54, 1.807) is 14.2 Å². The van der Waals surface area contributed by atoms with Gasteiger partial charge in [0, 0.05) is 0 Å². The molecule has 7 rings (SSSR count). The van der Waals surface area contributed by atoms with Crippen molar-refractivity contribution in [2.75, 3.05) is 19.1 Å². The first-order valence-corrected chi connectivity index (χ1v) is 12.8. The third-order valence-electron chi connectivity index (χ3n) is 8.05. The van der Waals surface area contributed by atoms with Crippen molar-refractivity contribution in [1.82, 2.24) is 4.98 Å².